The fraction of sp³-hybridized carbons (Fsp3) is 0.267. The van der Waals surface area contributed by atoms with E-state index in [4.69, 9.17) is 9.47 Å². The highest BCUT2D eigenvalue weighted by molar-refractivity contribution is 7.98. The smallest absolute Gasteiger partial charge is 0.416 e. The van der Waals surface area contributed by atoms with Crippen molar-refractivity contribution >= 4 is 17.7 Å². The van der Waals surface area contributed by atoms with Crippen LogP contribution in [-0.2, 0) is 10.9 Å². The molecular weight excluding hydrogens is 345 g/mol. The standard InChI is InChI=1S/C15H13F3N2O3S/c1-3-22-13(21)11-8-19-14(24-2)20-12(11)23-10-6-4-5-9(7-10)15(16,17)18/h4-8H,3H2,1-2H3. The molecule has 0 atom stereocenters. The Bertz CT molecular complexity index is 738. The van der Waals surface area contributed by atoms with Crippen molar-refractivity contribution in [1.29, 1.82) is 0 Å². The lowest BCUT2D eigenvalue weighted by molar-refractivity contribution is -0.137. The SMILES string of the molecule is CCOC(=O)c1cnc(SC)nc1Oc1cccc(C(F)(F)F)c1. The van der Waals surface area contributed by atoms with Gasteiger partial charge in [0.05, 0.1) is 12.2 Å². The lowest BCUT2D eigenvalue weighted by Crippen LogP contribution is -2.09. The molecule has 128 valence electrons. The third-order valence-corrected chi connectivity index (χ3v) is 3.35. The normalized spacial score (nSPS) is 11.2. The van der Waals surface area contributed by atoms with Gasteiger partial charge in [-0.2, -0.15) is 18.2 Å². The highest BCUT2D eigenvalue weighted by Crippen LogP contribution is 2.33. The first-order valence-electron chi connectivity index (χ1n) is 6.78. The van der Waals surface area contributed by atoms with E-state index < -0.39 is 17.7 Å². The summed E-state index contributed by atoms with van der Waals surface area (Å²) in [6.45, 7) is 1.76. The molecule has 2 rings (SSSR count). The largest absolute Gasteiger partial charge is 0.462 e. The number of alkyl halides is 3. The van der Waals surface area contributed by atoms with Gasteiger partial charge >= 0.3 is 12.1 Å². The average molecular weight is 358 g/mol. The van der Waals surface area contributed by atoms with Crippen molar-refractivity contribution < 1.29 is 27.4 Å². The van der Waals surface area contributed by atoms with Crippen LogP contribution in [0.2, 0.25) is 0 Å². The van der Waals surface area contributed by atoms with E-state index in [9.17, 15) is 18.0 Å². The topological polar surface area (TPSA) is 61.3 Å². The highest BCUT2D eigenvalue weighted by atomic mass is 32.2. The molecule has 1 aromatic carbocycles. The summed E-state index contributed by atoms with van der Waals surface area (Å²) in [7, 11) is 0. The Balaban J connectivity index is 2.39. The Morgan fingerprint density at radius 2 is 2.08 bits per heavy atom. The lowest BCUT2D eigenvalue weighted by Gasteiger charge is -2.12. The summed E-state index contributed by atoms with van der Waals surface area (Å²) in [5.41, 5.74) is -0.927. The van der Waals surface area contributed by atoms with Gasteiger partial charge in [-0.25, -0.2) is 9.78 Å². The van der Waals surface area contributed by atoms with Crippen LogP contribution < -0.4 is 4.74 Å². The van der Waals surface area contributed by atoms with E-state index in [-0.39, 0.29) is 23.8 Å². The molecule has 0 aliphatic rings. The molecule has 1 heterocycles. The van der Waals surface area contributed by atoms with E-state index in [1.807, 2.05) is 0 Å². The summed E-state index contributed by atoms with van der Waals surface area (Å²) in [6.07, 6.45) is -1.56. The predicted molar refractivity (Wildman–Crippen MR) is 81.3 cm³/mol. The summed E-state index contributed by atoms with van der Waals surface area (Å²) in [4.78, 5) is 19.9. The monoisotopic (exact) mass is 358 g/mol. The Labute approximate surface area is 140 Å². The average Bonchev–Trinajstić information content (AvgIpc) is 2.54. The van der Waals surface area contributed by atoms with Gasteiger partial charge in [-0.15, -0.1) is 0 Å². The van der Waals surface area contributed by atoms with Crippen molar-refractivity contribution in [3.05, 3.63) is 41.6 Å². The number of carbonyl (C=O) groups is 1. The lowest BCUT2D eigenvalue weighted by atomic mass is 10.2. The van der Waals surface area contributed by atoms with E-state index in [0.29, 0.717) is 5.16 Å². The highest BCUT2D eigenvalue weighted by Gasteiger charge is 2.30. The molecule has 9 heteroatoms. The minimum Gasteiger partial charge on any atom is -0.462 e. The van der Waals surface area contributed by atoms with Crippen LogP contribution in [0, 0.1) is 0 Å². The molecule has 0 N–H and O–H groups in total. The second-order valence-corrected chi connectivity index (χ2v) is 5.20. The van der Waals surface area contributed by atoms with Crippen molar-refractivity contribution in [2.24, 2.45) is 0 Å². The fourth-order valence-corrected chi connectivity index (χ4v) is 2.06. The molecule has 0 aliphatic heterocycles. The molecule has 0 unspecified atom stereocenters. The number of hydrogen-bond donors (Lipinski definition) is 0. The molecule has 0 saturated carbocycles. The molecule has 24 heavy (non-hydrogen) atoms. The number of thioether (sulfide) groups is 1. The third-order valence-electron chi connectivity index (χ3n) is 2.79. The van der Waals surface area contributed by atoms with Gasteiger partial charge in [0.15, 0.2) is 5.16 Å². The summed E-state index contributed by atoms with van der Waals surface area (Å²) in [5.74, 6) is -0.972. The van der Waals surface area contributed by atoms with Gasteiger partial charge in [-0.05, 0) is 31.4 Å². The number of ether oxygens (including phenoxy) is 2. The fourth-order valence-electron chi connectivity index (χ4n) is 1.72. The Morgan fingerprint density at radius 1 is 1.33 bits per heavy atom. The molecule has 0 aliphatic carbocycles. The van der Waals surface area contributed by atoms with Crippen LogP contribution >= 0.6 is 11.8 Å². The Morgan fingerprint density at radius 3 is 2.71 bits per heavy atom. The molecule has 0 saturated heterocycles. The number of carbonyl (C=O) groups excluding carboxylic acids is 1. The first-order chi connectivity index (χ1) is 11.3. The van der Waals surface area contributed by atoms with Crippen LogP contribution in [0.1, 0.15) is 22.8 Å². The van der Waals surface area contributed by atoms with Crippen LogP contribution in [0.3, 0.4) is 0 Å². The second kappa shape index (κ2) is 7.52. The zero-order valence-corrected chi connectivity index (χ0v) is 13.6. The van der Waals surface area contributed by atoms with Gasteiger partial charge in [-0.1, -0.05) is 17.8 Å². The second-order valence-electron chi connectivity index (χ2n) is 4.42. The van der Waals surface area contributed by atoms with Gasteiger partial charge in [0, 0.05) is 6.20 Å². The summed E-state index contributed by atoms with van der Waals surface area (Å²) in [6, 6.07) is 4.30. The van der Waals surface area contributed by atoms with Crippen LogP contribution in [0.25, 0.3) is 0 Å². The third kappa shape index (κ3) is 4.38. The number of esters is 1. The van der Waals surface area contributed by atoms with Crippen LogP contribution in [0.4, 0.5) is 13.2 Å². The maximum Gasteiger partial charge on any atom is 0.416 e. The van der Waals surface area contributed by atoms with E-state index >= 15 is 0 Å². The number of rotatable bonds is 5. The van der Waals surface area contributed by atoms with Crippen LogP contribution in [0.15, 0.2) is 35.6 Å². The van der Waals surface area contributed by atoms with E-state index in [2.05, 4.69) is 9.97 Å². The molecule has 0 bridgehead atoms. The van der Waals surface area contributed by atoms with Crippen LogP contribution in [0.5, 0.6) is 11.6 Å². The van der Waals surface area contributed by atoms with E-state index in [0.717, 1.165) is 12.1 Å². The first kappa shape index (κ1) is 18.1. The molecule has 0 amide bonds. The van der Waals surface area contributed by atoms with Crippen molar-refractivity contribution in [2.75, 3.05) is 12.9 Å². The number of nitrogens with zero attached hydrogens (tertiary/aromatic N) is 2. The van der Waals surface area contributed by atoms with Crippen molar-refractivity contribution in [2.45, 2.75) is 18.3 Å². The minimum absolute atomic E-state index is 0.0629. The van der Waals surface area contributed by atoms with Gasteiger partial charge < -0.3 is 9.47 Å². The quantitative estimate of drug-likeness (QED) is 0.454. The van der Waals surface area contributed by atoms with Crippen molar-refractivity contribution in [3.8, 4) is 11.6 Å². The molecular formula is C15H13F3N2O3S. The summed E-state index contributed by atoms with van der Waals surface area (Å²) in [5, 5.41) is 0.310. The summed E-state index contributed by atoms with van der Waals surface area (Å²) < 4.78 is 48.6. The minimum atomic E-state index is -4.50. The maximum atomic E-state index is 12.8. The van der Waals surface area contributed by atoms with Gasteiger partial charge in [0.25, 0.3) is 0 Å². The molecule has 2 aromatic rings. The first-order valence-corrected chi connectivity index (χ1v) is 8.01. The van der Waals surface area contributed by atoms with Gasteiger partial charge in [0.1, 0.15) is 11.3 Å². The number of aromatic nitrogens is 2. The van der Waals surface area contributed by atoms with E-state index in [1.165, 1.54) is 30.1 Å². The Kier molecular flexibility index (Phi) is 5.66. The predicted octanol–water partition coefficient (Wildman–Crippen LogP) is 4.19. The number of halogens is 3. The van der Waals surface area contributed by atoms with Crippen molar-refractivity contribution in [1.82, 2.24) is 9.97 Å². The zero-order valence-electron chi connectivity index (χ0n) is 12.8. The Hall–Kier alpha value is -2.29. The number of hydrogen-bond acceptors (Lipinski definition) is 6. The molecule has 0 fully saturated rings. The van der Waals surface area contributed by atoms with Crippen molar-refractivity contribution in [3.63, 3.8) is 0 Å². The summed E-state index contributed by atoms with van der Waals surface area (Å²) >= 11 is 1.20. The zero-order chi connectivity index (χ0) is 17.7. The molecule has 1 aromatic heterocycles. The molecule has 5 nitrogen and oxygen atoms in total. The van der Waals surface area contributed by atoms with E-state index in [1.54, 1.807) is 13.2 Å². The maximum absolute atomic E-state index is 12.8. The molecule has 0 radical (unpaired) electrons. The molecule has 0 spiro atoms. The van der Waals surface area contributed by atoms with Gasteiger partial charge in [-0.3, -0.25) is 0 Å². The number of benzene rings is 1. The van der Waals surface area contributed by atoms with Crippen LogP contribution in [-0.4, -0.2) is 28.8 Å². The van der Waals surface area contributed by atoms with Gasteiger partial charge in [0.2, 0.25) is 5.88 Å².